The van der Waals surface area contributed by atoms with Crippen molar-refractivity contribution in [2.24, 2.45) is 0 Å². The first-order valence-electron chi connectivity index (χ1n) is 8.56. The normalized spacial score (nSPS) is 26.8. The fourth-order valence-electron chi connectivity index (χ4n) is 3.41. The summed E-state index contributed by atoms with van der Waals surface area (Å²) in [5, 5.41) is 5.39. The van der Waals surface area contributed by atoms with Gasteiger partial charge in [0.05, 0.1) is 36.8 Å². The van der Waals surface area contributed by atoms with Crippen LogP contribution < -0.4 is 20.3 Å². The lowest BCUT2D eigenvalue weighted by molar-refractivity contribution is -0.117. The molecule has 9 nitrogen and oxygen atoms in total. The number of nitrogens with one attached hydrogen (secondary N) is 2. The third-order valence-electron chi connectivity index (χ3n) is 4.74. The first-order valence-corrected chi connectivity index (χ1v) is 10.4. The molecule has 2 saturated heterocycles. The van der Waals surface area contributed by atoms with Crippen LogP contribution in [0.3, 0.4) is 0 Å². The molecule has 1 aromatic carbocycles. The SMILES string of the molecule is COc1cccc(N2CC(NC(=O)NC3CS(=O)(=O)CC3OC)CC2=O)c1. The van der Waals surface area contributed by atoms with Crippen LogP contribution in [0.1, 0.15) is 6.42 Å². The molecule has 3 unspecified atom stereocenters. The first-order chi connectivity index (χ1) is 12.8. The monoisotopic (exact) mass is 397 g/mol. The van der Waals surface area contributed by atoms with E-state index in [9.17, 15) is 18.0 Å². The molecule has 2 heterocycles. The number of methoxy groups -OCH3 is 2. The molecule has 10 heteroatoms. The van der Waals surface area contributed by atoms with E-state index >= 15 is 0 Å². The van der Waals surface area contributed by atoms with Gasteiger partial charge in [-0.1, -0.05) is 6.07 Å². The molecule has 148 valence electrons. The summed E-state index contributed by atoms with van der Waals surface area (Å²) < 4.78 is 33.8. The molecule has 0 aliphatic carbocycles. The van der Waals surface area contributed by atoms with Gasteiger partial charge in [0.15, 0.2) is 9.84 Å². The van der Waals surface area contributed by atoms with Crippen molar-refractivity contribution in [3.05, 3.63) is 24.3 Å². The molecule has 3 amide bonds. The van der Waals surface area contributed by atoms with Crippen LogP contribution in [-0.2, 0) is 19.4 Å². The lowest BCUT2D eigenvalue weighted by Gasteiger charge is -2.21. The van der Waals surface area contributed by atoms with Crippen molar-refractivity contribution in [1.82, 2.24) is 10.6 Å². The number of rotatable bonds is 5. The van der Waals surface area contributed by atoms with E-state index in [0.29, 0.717) is 18.0 Å². The smallest absolute Gasteiger partial charge is 0.315 e. The average Bonchev–Trinajstić information content (AvgIpc) is 3.13. The molecule has 0 saturated carbocycles. The molecule has 0 radical (unpaired) electrons. The van der Waals surface area contributed by atoms with Crippen molar-refractivity contribution in [2.45, 2.75) is 24.6 Å². The number of hydrogen-bond acceptors (Lipinski definition) is 6. The van der Waals surface area contributed by atoms with E-state index in [-0.39, 0.29) is 29.9 Å². The van der Waals surface area contributed by atoms with Gasteiger partial charge in [0.2, 0.25) is 5.91 Å². The summed E-state index contributed by atoms with van der Waals surface area (Å²) in [6.07, 6.45) is -0.402. The fraction of sp³-hybridized carbons (Fsp3) is 0.529. The molecule has 2 aliphatic rings. The molecule has 0 bridgehead atoms. The van der Waals surface area contributed by atoms with Crippen LogP contribution in [0, 0.1) is 0 Å². The van der Waals surface area contributed by atoms with Crippen LogP contribution >= 0.6 is 0 Å². The minimum absolute atomic E-state index is 0.105. The maximum atomic E-state index is 12.3. The highest BCUT2D eigenvalue weighted by Gasteiger charge is 2.39. The van der Waals surface area contributed by atoms with Crippen molar-refractivity contribution < 1.29 is 27.5 Å². The molecule has 2 N–H and O–H groups in total. The first kappa shape index (κ1) is 19.4. The topological polar surface area (TPSA) is 114 Å². The Hall–Kier alpha value is -2.33. The number of amides is 3. The van der Waals surface area contributed by atoms with Crippen LogP contribution in [0.5, 0.6) is 5.75 Å². The number of carbonyl (C=O) groups excluding carboxylic acids is 2. The summed E-state index contributed by atoms with van der Waals surface area (Å²) in [5.41, 5.74) is 0.699. The van der Waals surface area contributed by atoms with Crippen molar-refractivity contribution >= 4 is 27.5 Å². The fourth-order valence-corrected chi connectivity index (χ4v) is 5.26. The highest BCUT2D eigenvalue weighted by atomic mass is 32.2. The van der Waals surface area contributed by atoms with Gasteiger partial charge in [-0.05, 0) is 12.1 Å². The summed E-state index contributed by atoms with van der Waals surface area (Å²) in [6.45, 7) is 0.329. The summed E-state index contributed by atoms with van der Waals surface area (Å²) in [7, 11) is -0.263. The number of urea groups is 1. The number of anilines is 1. The van der Waals surface area contributed by atoms with E-state index in [1.54, 1.807) is 36.3 Å². The van der Waals surface area contributed by atoms with E-state index in [1.807, 2.05) is 0 Å². The quantitative estimate of drug-likeness (QED) is 0.718. The van der Waals surface area contributed by atoms with Crippen LogP contribution in [0.15, 0.2) is 24.3 Å². The Morgan fingerprint density at radius 2 is 2.00 bits per heavy atom. The molecule has 1 aromatic rings. The van der Waals surface area contributed by atoms with E-state index in [2.05, 4.69) is 10.6 Å². The predicted octanol–water partition coefficient (Wildman–Crippen LogP) is -0.0883. The predicted molar refractivity (Wildman–Crippen MR) is 98.7 cm³/mol. The van der Waals surface area contributed by atoms with E-state index in [0.717, 1.165) is 0 Å². The zero-order valence-corrected chi connectivity index (χ0v) is 16.0. The Kier molecular flexibility index (Phi) is 5.56. The van der Waals surface area contributed by atoms with E-state index < -0.39 is 28.0 Å². The highest BCUT2D eigenvalue weighted by molar-refractivity contribution is 7.91. The van der Waals surface area contributed by atoms with Crippen LogP contribution in [0.25, 0.3) is 0 Å². The summed E-state index contributed by atoms with van der Waals surface area (Å²) >= 11 is 0. The lowest BCUT2D eigenvalue weighted by Crippen LogP contribution is -2.50. The van der Waals surface area contributed by atoms with Crippen molar-refractivity contribution in [1.29, 1.82) is 0 Å². The number of nitrogens with zero attached hydrogens (tertiary/aromatic N) is 1. The van der Waals surface area contributed by atoms with Crippen molar-refractivity contribution in [3.8, 4) is 5.75 Å². The number of hydrogen-bond donors (Lipinski definition) is 2. The Morgan fingerprint density at radius 1 is 1.22 bits per heavy atom. The molecule has 3 rings (SSSR count). The van der Waals surface area contributed by atoms with E-state index in [4.69, 9.17) is 9.47 Å². The lowest BCUT2D eigenvalue weighted by atomic mass is 10.2. The number of ether oxygens (including phenoxy) is 2. The van der Waals surface area contributed by atoms with Crippen molar-refractivity contribution in [3.63, 3.8) is 0 Å². The van der Waals surface area contributed by atoms with Gasteiger partial charge in [0.1, 0.15) is 5.75 Å². The number of carbonyl (C=O) groups is 2. The zero-order valence-electron chi connectivity index (χ0n) is 15.2. The van der Waals surface area contributed by atoms with Gasteiger partial charge in [-0.15, -0.1) is 0 Å². The maximum Gasteiger partial charge on any atom is 0.315 e. The molecule has 2 aliphatic heterocycles. The Labute approximate surface area is 157 Å². The molecular weight excluding hydrogens is 374 g/mol. The molecule has 0 spiro atoms. The van der Waals surface area contributed by atoms with Crippen LogP contribution in [0.4, 0.5) is 10.5 Å². The van der Waals surface area contributed by atoms with Gasteiger partial charge < -0.3 is 25.0 Å². The van der Waals surface area contributed by atoms with Crippen molar-refractivity contribution in [2.75, 3.05) is 37.2 Å². The van der Waals surface area contributed by atoms with Gasteiger partial charge in [-0.3, -0.25) is 4.79 Å². The second kappa shape index (κ2) is 7.73. The Balaban J connectivity index is 1.58. The Morgan fingerprint density at radius 3 is 2.70 bits per heavy atom. The van der Waals surface area contributed by atoms with Gasteiger partial charge >= 0.3 is 6.03 Å². The summed E-state index contributed by atoms with van der Waals surface area (Å²) in [4.78, 5) is 26.2. The molecule has 3 atom stereocenters. The van der Waals surface area contributed by atoms with Crippen LogP contribution in [0.2, 0.25) is 0 Å². The third-order valence-corrected chi connectivity index (χ3v) is 6.45. The zero-order chi connectivity index (χ0) is 19.6. The molecule has 0 aromatic heterocycles. The molecule has 27 heavy (non-hydrogen) atoms. The van der Waals surface area contributed by atoms with E-state index in [1.165, 1.54) is 7.11 Å². The molecule has 2 fully saturated rings. The minimum atomic E-state index is -3.23. The van der Waals surface area contributed by atoms with Gasteiger partial charge in [0, 0.05) is 31.8 Å². The Bertz CT molecular complexity index is 828. The largest absolute Gasteiger partial charge is 0.497 e. The summed E-state index contributed by atoms with van der Waals surface area (Å²) in [6, 6.07) is 5.65. The second-order valence-electron chi connectivity index (χ2n) is 6.68. The third kappa shape index (κ3) is 4.51. The highest BCUT2D eigenvalue weighted by Crippen LogP contribution is 2.25. The van der Waals surface area contributed by atoms with Gasteiger partial charge in [0.25, 0.3) is 0 Å². The standard InChI is InChI=1S/C17H23N3O6S/c1-25-13-5-3-4-12(7-13)20-8-11(6-16(20)21)18-17(22)19-14-9-27(23,24)10-15(14)26-2/h3-5,7,11,14-15H,6,8-10H2,1-2H3,(H2,18,19,22). The minimum Gasteiger partial charge on any atom is -0.497 e. The van der Waals surface area contributed by atoms with Crippen LogP contribution in [-0.4, -0.2) is 70.8 Å². The summed E-state index contributed by atoms with van der Waals surface area (Å²) in [5.74, 6) is 0.271. The number of benzene rings is 1. The maximum absolute atomic E-state index is 12.3. The second-order valence-corrected chi connectivity index (χ2v) is 8.84. The number of sulfone groups is 1. The van der Waals surface area contributed by atoms with Gasteiger partial charge in [-0.25, -0.2) is 13.2 Å². The molecular formula is C17H23N3O6S. The van der Waals surface area contributed by atoms with Gasteiger partial charge in [-0.2, -0.15) is 0 Å². The average molecular weight is 397 g/mol.